The summed E-state index contributed by atoms with van der Waals surface area (Å²) in [5, 5.41) is 16.9. The van der Waals surface area contributed by atoms with E-state index in [2.05, 4.69) is 28.8 Å². The zero-order valence-corrected chi connectivity index (χ0v) is 15.2. The first-order valence-corrected chi connectivity index (χ1v) is 8.33. The summed E-state index contributed by atoms with van der Waals surface area (Å²) in [4.78, 5) is 4.52. The highest BCUT2D eigenvalue weighted by molar-refractivity contribution is 14.0. The zero-order chi connectivity index (χ0) is 13.3. The van der Waals surface area contributed by atoms with E-state index in [9.17, 15) is 5.11 Å². The van der Waals surface area contributed by atoms with Crippen molar-refractivity contribution >= 4 is 41.7 Å². The third-order valence-electron chi connectivity index (χ3n) is 3.26. The van der Waals surface area contributed by atoms with Crippen molar-refractivity contribution in [2.24, 2.45) is 4.99 Å². The standard InChI is InChI=1S/C13H27N3OS.HI/c1-3-14-12(15-9-10-18-2)16-11-13(17)7-5-4-6-8-13;/h17H,3-11H2,1-2H3,(H2,14,15,16);1H. The molecule has 1 rings (SSSR count). The number of nitrogens with one attached hydrogen (secondary N) is 2. The molecular weight excluding hydrogens is 373 g/mol. The Morgan fingerprint density at radius 2 is 1.95 bits per heavy atom. The molecule has 0 aromatic carbocycles. The Balaban J connectivity index is 0.00000324. The number of thioether (sulfide) groups is 1. The smallest absolute Gasteiger partial charge is 0.191 e. The lowest BCUT2D eigenvalue weighted by Gasteiger charge is -2.30. The molecule has 1 saturated carbocycles. The minimum atomic E-state index is -0.569. The van der Waals surface area contributed by atoms with Gasteiger partial charge in [0.25, 0.3) is 0 Å². The van der Waals surface area contributed by atoms with Crippen molar-refractivity contribution in [3.8, 4) is 0 Å². The van der Waals surface area contributed by atoms with Gasteiger partial charge < -0.3 is 15.7 Å². The van der Waals surface area contributed by atoms with Crippen molar-refractivity contribution in [2.75, 3.05) is 31.6 Å². The van der Waals surface area contributed by atoms with Crippen molar-refractivity contribution in [3.63, 3.8) is 0 Å². The predicted molar refractivity (Wildman–Crippen MR) is 95.8 cm³/mol. The fraction of sp³-hybridized carbons (Fsp3) is 0.923. The molecule has 0 saturated heterocycles. The van der Waals surface area contributed by atoms with Crippen LogP contribution in [0.5, 0.6) is 0 Å². The van der Waals surface area contributed by atoms with Crippen LogP contribution < -0.4 is 10.6 Å². The topological polar surface area (TPSA) is 56.7 Å². The van der Waals surface area contributed by atoms with E-state index < -0.39 is 5.60 Å². The summed E-state index contributed by atoms with van der Waals surface area (Å²) in [6.45, 7) is 4.33. The Morgan fingerprint density at radius 1 is 1.26 bits per heavy atom. The molecule has 0 radical (unpaired) electrons. The number of nitrogens with zero attached hydrogens (tertiary/aromatic N) is 1. The van der Waals surface area contributed by atoms with E-state index in [0.717, 1.165) is 50.5 Å². The van der Waals surface area contributed by atoms with Crippen LogP contribution in [0.4, 0.5) is 0 Å². The minimum absolute atomic E-state index is 0. The van der Waals surface area contributed by atoms with E-state index in [1.165, 1.54) is 6.42 Å². The van der Waals surface area contributed by atoms with Crippen LogP contribution in [0.3, 0.4) is 0 Å². The third-order valence-corrected chi connectivity index (χ3v) is 3.87. The minimum Gasteiger partial charge on any atom is -0.388 e. The molecule has 0 amide bonds. The van der Waals surface area contributed by atoms with Crippen molar-refractivity contribution in [2.45, 2.75) is 44.6 Å². The molecule has 0 unspecified atom stereocenters. The molecule has 0 heterocycles. The number of hydrogen-bond acceptors (Lipinski definition) is 3. The van der Waals surface area contributed by atoms with Gasteiger partial charge in [0.05, 0.1) is 12.1 Å². The van der Waals surface area contributed by atoms with Gasteiger partial charge >= 0.3 is 0 Å². The molecule has 0 aromatic heterocycles. The van der Waals surface area contributed by atoms with Crippen molar-refractivity contribution < 1.29 is 5.11 Å². The highest BCUT2D eigenvalue weighted by atomic mass is 127. The van der Waals surface area contributed by atoms with E-state index in [-0.39, 0.29) is 24.0 Å². The zero-order valence-electron chi connectivity index (χ0n) is 12.1. The van der Waals surface area contributed by atoms with Crippen LogP contribution in [-0.2, 0) is 0 Å². The Morgan fingerprint density at radius 3 is 2.53 bits per heavy atom. The molecule has 19 heavy (non-hydrogen) atoms. The molecule has 6 heteroatoms. The number of aliphatic imine (C=N–C) groups is 1. The predicted octanol–water partition coefficient (Wildman–Crippen LogP) is 2.22. The molecule has 1 aliphatic rings. The van der Waals surface area contributed by atoms with Gasteiger partial charge in [-0.2, -0.15) is 11.8 Å². The summed E-state index contributed by atoms with van der Waals surface area (Å²) in [6.07, 6.45) is 7.38. The van der Waals surface area contributed by atoms with E-state index in [0.29, 0.717) is 6.54 Å². The Bertz CT molecular complexity index is 258. The van der Waals surface area contributed by atoms with Gasteiger partial charge in [-0.25, -0.2) is 0 Å². The highest BCUT2D eigenvalue weighted by Gasteiger charge is 2.28. The van der Waals surface area contributed by atoms with E-state index >= 15 is 0 Å². The summed E-state index contributed by atoms with van der Waals surface area (Å²) in [5.41, 5.74) is -0.569. The SMILES string of the molecule is CCNC(=NCC1(O)CCCCC1)NCCSC.I. The second kappa shape index (κ2) is 11.0. The molecule has 3 N–H and O–H groups in total. The highest BCUT2D eigenvalue weighted by Crippen LogP contribution is 2.28. The first-order chi connectivity index (χ1) is 8.70. The Hall–Kier alpha value is 0.310. The van der Waals surface area contributed by atoms with E-state index in [1.54, 1.807) is 0 Å². The Kier molecular flexibility index (Phi) is 11.2. The van der Waals surface area contributed by atoms with Crippen LogP contribution in [0.1, 0.15) is 39.0 Å². The normalized spacial score (nSPS) is 18.6. The average Bonchev–Trinajstić information content (AvgIpc) is 2.37. The Labute approximate surface area is 138 Å². The van der Waals surface area contributed by atoms with Crippen molar-refractivity contribution in [3.05, 3.63) is 0 Å². The van der Waals surface area contributed by atoms with Gasteiger partial charge in [0.2, 0.25) is 0 Å². The fourth-order valence-electron chi connectivity index (χ4n) is 2.21. The van der Waals surface area contributed by atoms with Crippen LogP contribution >= 0.6 is 35.7 Å². The number of aliphatic hydroxyl groups is 1. The molecule has 114 valence electrons. The quantitative estimate of drug-likeness (QED) is 0.277. The molecule has 0 spiro atoms. The largest absolute Gasteiger partial charge is 0.388 e. The maximum absolute atomic E-state index is 10.4. The summed E-state index contributed by atoms with van der Waals surface area (Å²) < 4.78 is 0. The lowest BCUT2D eigenvalue weighted by Crippen LogP contribution is -2.41. The third kappa shape index (κ3) is 8.24. The van der Waals surface area contributed by atoms with Gasteiger partial charge in [0.15, 0.2) is 5.96 Å². The maximum atomic E-state index is 10.4. The summed E-state index contributed by atoms with van der Waals surface area (Å²) in [6, 6.07) is 0. The van der Waals surface area contributed by atoms with Gasteiger partial charge in [-0.3, -0.25) is 4.99 Å². The molecule has 0 bridgehead atoms. The van der Waals surface area contributed by atoms with Crippen molar-refractivity contribution in [1.29, 1.82) is 0 Å². The van der Waals surface area contributed by atoms with Crippen LogP contribution in [0.25, 0.3) is 0 Å². The summed E-state index contributed by atoms with van der Waals surface area (Å²) in [5.74, 6) is 1.89. The van der Waals surface area contributed by atoms with Gasteiger partial charge in [0, 0.05) is 18.8 Å². The first-order valence-electron chi connectivity index (χ1n) is 6.94. The second-order valence-corrected chi connectivity index (χ2v) is 5.89. The van der Waals surface area contributed by atoms with Gasteiger partial charge in [0.1, 0.15) is 0 Å². The maximum Gasteiger partial charge on any atom is 0.191 e. The summed E-state index contributed by atoms with van der Waals surface area (Å²) in [7, 11) is 0. The van der Waals surface area contributed by atoms with Crippen LogP contribution in [0.2, 0.25) is 0 Å². The van der Waals surface area contributed by atoms with Crippen LogP contribution in [0, 0.1) is 0 Å². The second-order valence-electron chi connectivity index (χ2n) is 4.90. The van der Waals surface area contributed by atoms with Crippen LogP contribution in [0.15, 0.2) is 4.99 Å². The molecule has 1 aliphatic carbocycles. The first kappa shape index (κ1) is 19.3. The molecule has 4 nitrogen and oxygen atoms in total. The van der Waals surface area contributed by atoms with E-state index in [4.69, 9.17) is 0 Å². The number of guanidine groups is 1. The number of rotatable bonds is 6. The molecule has 0 aliphatic heterocycles. The monoisotopic (exact) mass is 401 g/mol. The average molecular weight is 401 g/mol. The molecule has 0 aromatic rings. The van der Waals surface area contributed by atoms with Gasteiger partial charge in [-0.05, 0) is 26.0 Å². The lowest BCUT2D eigenvalue weighted by molar-refractivity contribution is 0.0131. The van der Waals surface area contributed by atoms with Gasteiger partial charge in [-0.15, -0.1) is 24.0 Å². The van der Waals surface area contributed by atoms with Crippen molar-refractivity contribution in [1.82, 2.24) is 10.6 Å². The van der Waals surface area contributed by atoms with Crippen LogP contribution in [-0.4, -0.2) is 48.3 Å². The fourth-order valence-corrected chi connectivity index (χ4v) is 2.51. The molecular formula is C13H28IN3OS. The molecule has 1 fully saturated rings. The number of hydrogen-bond donors (Lipinski definition) is 3. The van der Waals surface area contributed by atoms with Gasteiger partial charge in [-0.1, -0.05) is 19.3 Å². The van der Waals surface area contributed by atoms with E-state index in [1.807, 2.05) is 11.8 Å². The molecule has 0 atom stereocenters. The summed E-state index contributed by atoms with van der Waals surface area (Å²) >= 11 is 1.81. The lowest BCUT2D eigenvalue weighted by atomic mass is 9.85. The number of halogens is 1.